The summed E-state index contributed by atoms with van der Waals surface area (Å²) in [6.45, 7) is 5.27. The highest BCUT2D eigenvalue weighted by Crippen LogP contribution is 2.18. The van der Waals surface area contributed by atoms with Gasteiger partial charge in [-0.3, -0.25) is 4.79 Å². The first kappa shape index (κ1) is 17.2. The van der Waals surface area contributed by atoms with Gasteiger partial charge >= 0.3 is 0 Å². The molecule has 0 aliphatic carbocycles. The van der Waals surface area contributed by atoms with Gasteiger partial charge in [-0.25, -0.2) is 0 Å². The topological polar surface area (TPSA) is 40.5 Å². The van der Waals surface area contributed by atoms with Crippen LogP contribution in [0.1, 0.15) is 48.5 Å². The summed E-state index contributed by atoms with van der Waals surface area (Å²) < 4.78 is 1.01. The Labute approximate surface area is 130 Å². The van der Waals surface area contributed by atoms with Gasteiger partial charge in [0, 0.05) is 23.1 Å². The molecule has 0 bridgehead atoms. The van der Waals surface area contributed by atoms with Gasteiger partial charge in [-0.05, 0) is 37.1 Å². The van der Waals surface area contributed by atoms with E-state index in [2.05, 4.69) is 22.9 Å². The van der Waals surface area contributed by atoms with Gasteiger partial charge in [0.15, 0.2) is 0 Å². The van der Waals surface area contributed by atoms with Gasteiger partial charge in [0.25, 0.3) is 5.91 Å². The van der Waals surface area contributed by atoms with E-state index in [1.165, 1.54) is 12.8 Å². The summed E-state index contributed by atoms with van der Waals surface area (Å²) in [5.74, 6) is 0.00569. The second-order valence-corrected chi connectivity index (χ2v) is 5.89. The summed E-state index contributed by atoms with van der Waals surface area (Å²) in [7, 11) is 0. The fourth-order valence-electron chi connectivity index (χ4n) is 2.13. The third-order valence-corrected chi connectivity index (χ3v) is 4.23. The Morgan fingerprint density at radius 1 is 1.25 bits per heavy atom. The standard InChI is InChI=1S/C16H24BrNO2/c1-3-4-5-6-9-18(10-11-19)16(20)14-7-8-15(17)13(2)12-14/h7-8,12,19H,3-6,9-11H2,1-2H3. The molecular weight excluding hydrogens is 318 g/mol. The number of unbranched alkanes of at least 4 members (excludes halogenated alkanes) is 3. The zero-order valence-corrected chi connectivity index (χ0v) is 13.9. The van der Waals surface area contributed by atoms with Gasteiger partial charge in [0.1, 0.15) is 0 Å². The molecule has 1 aromatic carbocycles. The molecule has 1 N–H and O–H groups in total. The fourth-order valence-corrected chi connectivity index (χ4v) is 2.37. The molecule has 0 saturated heterocycles. The number of halogens is 1. The molecule has 0 spiro atoms. The van der Waals surface area contributed by atoms with Crippen molar-refractivity contribution in [2.75, 3.05) is 19.7 Å². The summed E-state index contributed by atoms with van der Waals surface area (Å²) >= 11 is 3.44. The second-order valence-electron chi connectivity index (χ2n) is 5.04. The van der Waals surface area contributed by atoms with E-state index in [4.69, 9.17) is 5.11 Å². The summed E-state index contributed by atoms with van der Waals surface area (Å²) in [5, 5.41) is 9.13. The number of benzene rings is 1. The van der Waals surface area contributed by atoms with Crippen molar-refractivity contribution in [2.45, 2.75) is 39.5 Å². The molecule has 0 fully saturated rings. The molecule has 0 aliphatic heterocycles. The minimum atomic E-state index is 0.00569. The van der Waals surface area contributed by atoms with E-state index >= 15 is 0 Å². The van der Waals surface area contributed by atoms with Crippen LogP contribution in [0.25, 0.3) is 0 Å². The fraction of sp³-hybridized carbons (Fsp3) is 0.562. The van der Waals surface area contributed by atoms with Crippen molar-refractivity contribution in [3.05, 3.63) is 33.8 Å². The Morgan fingerprint density at radius 3 is 2.60 bits per heavy atom. The van der Waals surface area contributed by atoms with Crippen molar-refractivity contribution in [2.24, 2.45) is 0 Å². The van der Waals surface area contributed by atoms with Gasteiger partial charge in [0.05, 0.1) is 6.61 Å². The molecule has 0 aliphatic rings. The average Bonchev–Trinajstić information content (AvgIpc) is 2.44. The number of aliphatic hydroxyl groups excluding tert-OH is 1. The van der Waals surface area contributed by atoms with Gasteiger partial charge < -0.3 is 10.0 Å². The van der Waals surface area contributed by atoms with Crippen LogP contribution in [0, 0.1) is 6.92 Å². The monoisotopic (exact) mass is 341 g/mol. The van der Waals surface area contributed by atoms with Crippen LogP contribution in [0.4, 0.5) is 0 Å². The lowest BCUT2D eigenvalue weighted by molar-refractivity contribution is 0.0718. The maximum absolute atomic E-state index is 12.5. The van der Waals surface area contributed by atoms with E-state index < -0.39 is 0 Å². The first-order valence-electron chi connectivity index (χ1n) is 7.26. The quantitative estimate of drug-likeness (QED) is 0.731. The number of rotatable bonds is 8. The van der Waals surface area contributed by atoms with Crippen molar-refractivity contribution < 1.29 is 9.90 Å². The Bertz CT molecular complexity index is 434. The molecule has 0 saturated carbocycles. The summed E-state index contributed by atoms with van der Waals surface area (Å²) in [5.41, 5.74) is 1.74. The number of carbonyl (C=O) groups is 1. The second kappa shape index (κ2) is 9.14. The molecule has 0 heterocycles. The van der Waals surface area contributed by atoms with E-state index in [9.17, 15) is 4.79 Å². The van der Waals surface area contributed by atoms with E-state index in [0.717, 1.165) is 22.9 Å². The molecule has 112 valence electrons. The van der Waals surface area contributed by atoms with Crippen LogP contribution in [0.3, 0.4) is 0 Å². The molecule has 1 aromatic rings. The van der Waals surface area contributed by atoms with Crippen LogP contribution >= 0.6 is 15.9 Å². The maximum Gasteiger partial charge on any atom is 0.253 e. The molecule has 1 rings (SSSR count). The first-order chi connectivity index (χ1) is 9.60. The van der Waals surface area contributed by atoms with Crippen LogP contribution in [0.15, 0.2) is 22.7 Å². The average molecular weight is 342 g/mol. The van der Waals surface area contributed by atoms with Gasteiger partial charge in [-0.2, -0.15) is 0 Å². The van der Waals surface area contributed by atoms with Crippen LogP contribution in [0.2, 0.25) is 0 Å². The minimum absolute atomic E-state index is 0.00569. The van der Waals surface area contributed by atoms with Gasteiger partial charge in [-0.1, -0.05) is 42.1 Å². The molecular formula is C16H24BrNO2. The smallest absolute Gasteiger partial charge is 0.253 e. The predicted molar refractivity (Wildman–Crippen MR) is 86.0 cm³/mol. The van der Waals surface area contributed by atoms with Gasteiger partial charge in [-0.15, -0.1) is 0 Å². The van der Waals surface area contributed by atoms with Crippen molar-refractivity contribution in [1.82, 2.24) is 4.90 Å². The van der Waals surface area contributed by atoms with Crippen LogP contribution in [0.5, 0.6) is 0 Å². The predicted octanol–water partition coefficient (Wildman–Crippen LogP) is 3.77. The van der Waals surface area contributed by atoms with Crippen molar-refractivity contribution >= 4 is 21.8 Å². The highest BCUT2D eigenvalue weighted by atomic mass is 79.9. The number of hydrogen-bond donors (Lipinski definition) is 1. The number of nitrogens with zero attached hydrogens (tertiary/aromatic N) is 1. The first-order valence-corrected chi connectivity index (χ1v) is 8.05. The highest BCUT2D eigenvalue weighted by Gasteiger charge is 2.15. The summed E-state index contributed by atoms with van der Waals surface area (Å²) in [6, 6.07) is 5.62. The van der Waals surface area contributed by atoms with Crippen molar-refractivity contribution in [3.63, 3.8) is 0 Å². The molecule has 0 aromatic heterocycles. The largest absolute Gasteiger partial charge is 0.395 e. The SMILES string of the molecule is CCCCCCN(CCO)C(=O)c1ccc(Br)c(C)c1. The lowest BCUT2D eigenvalue weighted by atomic mass is 10.1. The third kappa shape index (κ3) is 5.25. The number of amides is 1. The van der Waals surface area contributed by atoms with E-state index in [1.807, 2.05) is 25.1 Å². The van der Waals surface area contributed by atoms with Crippen LogP contribution < -0.4 is 0 Å². The Kier molecular flexibility index (Phi) is 7.85. The summed E-state index contributed by atoms with van der Waals surface area (Å²) in [6.07, 6.45) is 4.50. The summed E-state index contributed by atoms with van der Waals surface area (Å²) in [4.78, 5) is 14.2. The Balaban J connectivity index is 2.69. The molecule has 4 heteroatoms. The van der Waals surface area contributed by atoms with E-state index in [0.29, 0.717) is 18.7 Å². The van der Waals surface area contributed by atoms with E-state index in [1.54, 1.807) is 4.90 Å². The molecule has 20 heavy (non-hydrogen) atoms. The highest BCUT2D eigenvalue weighted by molar-refractivity contribution is 9.10. The number of aryl methyl sites for hydroxylation is 1. The van der Waals surface area contributed by atoms with Crippen LogP contribution in [-0.2, 0) is 0 Å². The van der Waals surface area contributed by atoms with Crippen molar-refractivity contribution in [3.8, 4) is 0 Å². The molecule has 0 atom stereocenters. The van der Waals surface area contributed by atoms with Crippen LogP contribution in [-0.4, -0.2) is 35.6 Å². The van der Waals surface area contributed by atoms with Crippen molar-refractivity contribution in [1.29, 1.82) is 0 Å². The zero-order valence-electron chi connectivity index (χ0n) is 12.4. The molecule has 0 unspecified atom stereocenters. The molecule has 1 amide bonds. The number of aliphatic hydroxyl groups is 1. The lowest BCUT2D eigenvalue weighted by Crippen LogP contribution is -2.34. The lowest BCUT2D eigenvalue weighted by Gasteiger charge is -2.22. The Hall–Kier alpha value is -0.870. The van der Waals surface area contributed by atoms with E-state index in [-0.39, 0.29) is 12.5 Å². The Morgan fingerprint density at radius 2 is 2.00 bits per heavy atom. The maximum atomic E-state index is 12.5. The van der Waals surface area contributed by atoms with Gasteiger partial charge in [0.2, 0.25) is 0 Å². The zero-order chi connectivity index (χ0) is 15.0. The third-order valence-electron chi connectivity index (χ3n) is 3.34. The minimum Gasteiger partial charge on any atom is -0.395 e. The normalized spacial score (nSPS) is 10.6. The number of carbonyl (C=O) groups excluding carboxylic acids is 1. The number of hydrogen-bond acceptors (Lipinski definition) is 2. The molecule has 0 radical (unpaired) electrons. The molecule has 3 nitrogen and oxygen atoms in total.